The van der Waals surface area contributed by atoms with E-state index < -0.39 is 0 Å². The van der Waals surface area contributed by atoms with Gasteiger partial charge in [-0.1, -0.05) is 13.0 Å². The van der Waals surface area contributed by atoms with Gasteiger partial charge in [0.25, 0.3) is 0 Å². The largest absolute Gasteiger partial charge is 0.378 e. The fraction of sp³-hybridized carbons (Fsp3) is 0.286. The molecule has 2 aromatic rings. The zero-order valence-corrected chi connectivity index (χ0v) is 13.5. The van der Waals surface area contributed by atoms with Gasteiger partial charge in [0, 0.05) is 27.4 Å². The first-order valence-electron chi connectivity index (χ1n) is 6.04. The van der Waals surface area contributed by atoms with E-state index in [-0.39, 0.29) is 0 Å². The maximum atomic E-state index is 3.56. The van der Waals surface area contributed by atoms with Gasteiger partial charge in [-0.25, -0.2) is 0 Å². The molecule has 18 heavy (non-hydrogen) atoms. The molecule has 0 atom stereocenters. The number of hydrogen-bond donors (Lipinski definition) is 1. The first-order valence-corrected chi connectivity index (χ1v) is 7.63. The zero-order chi connectivity index (χ0) is 13.0. The number of aromatic nitrogens is 1. The van der Waals surface area contributed by atoms with Gasteiger partial charge in [-0.2, -0.15) is 0 Å². The van der Waals surface area contributed by atoms with E-state index >= 15 is 0 Å². The Morgan fingerprint density at radius 3 is 2.50 bits per heavy atom. The monoisotopic (exact) mass is 370 g/mol. The van der Waals surface area contributed by atoms with Crippen LogP contribution in [0, 0.1) is 0 Å². The Bertz CT molecular complexity index is 500. The van der Waals surface area contributed by atoms with Crippen LogP contribution in [0.5, 0.6) is 0 Å². The van der Waals surface area contributed by atoms with Crippen molar-refractivity contribution >= 4 is 37.5 Å². The van der Waals surface area contributed by atoms with Crippen molar-refractivity contribution in [1.29, 1.82) is 0 Å². The first-order chi connectivity index (χ1) is 8.72. The molecule has 0 aliphatic heterocycles. The number of nitrogens with one attached hydrogen (secondary N) is 1. The van der Waals surface area contributed by atoms with E-state index in [2.05, 4.69) is 67.0 Å². The van der Waals surface area contributed by atoms with E-state index in [1.807, 2.05) is 18.2 Å². The van der Waals surface area contributed by atoms with E-state index in [4.69, 9.17) is 0 Å². The molecule has 0 amide bonds. The smallest absolute Gasteiger partial charge is 0.0632 e. The van der Waals surface area contributed by atoms with Gasteiger partial charge in [0.05, 0.1) is 12.2 Å². The maximum absolute atomic E-state index is 3.56. The molecule has 0 fully saturated rings. The Balaban J connectivity index is 2.09. The van der Waals surface area contributed by atoms with Crippen LogP contribution in [0.25, 0.3) is 0 Å². The Morgan fingerprint density at radius 2 is 1.83 bits per heavy atom. The third-order valence-electron chi connectivity index (χ3n) is 2.80. The Hall–Kier alpha value is -0.740. The van der Waals surface area contributed by atoms with Crippen molar-refractivity contribution in [3.63, 3.8) is 0 Å². The lowest BCUT2D eigenvalue weighted by molar-refractivity contribution is 0.654. The highest BCUT2D eigenvalue weighted by molar-refractivity contribution is 9.11. The van der Waals surface area contributed by atoms with Crippen molar-refractivity contribution in [1.82, 2.24) is 4.57 Å². The molecule has 0 unspecified atom stereocenters. The number of para-hydroxylation sites is 1. The number of benzene rings is 1. The molecule has 2 nitrogen and oxygen atoms in total. The minimum absolute atomic E-state index is 0.828. The van der Waals surface area contributed by atoms with Crippen LogP contribution in [0.15, 0.2) is 45.5 Å². The summed E-state index contributed by atoms with van der Waals surface area (Å²) in [6.07, 6.45) is 3.29. The maximum Gasteiger partial charge on any atom is 0.0632 e. The number of nitrogens with zero attached hydrogens (tertiary/aromatic N) is 1. The summed E-state index contributed by atoms with van der Waals surface area (Å²) in [6.45, 7) is 4.09. The molecule has 0 radical (unpaired) electrons. The molecule has 1 aromatic carbocycles. The van der Waals surface area contributed by atoms with E-state index in [1.165, 1.54) is 5.69 Å². The number of anilines is 1. The zero-order valence-electron chi connectivity index (χ0n) is 10.3. The molecule has 4 heteroatoms. The minimum Gasteiger partial charge on any atom is -0.378 e. The highest BCUT2D eigenvalue weighted by atomic mass is 79.9. The highest BCUT2D eigenvalue weighted by Crippen LogP contribution is 2.30. The van der Waals surface area contributed by atoms with Crippen molar-refractivity contribution in [2.75, 3.05) is 5.32 Å². The summed E-state index contributed by atoms with van der Waals surface area (Å²) < 4.78 is 4.44. The van der Waals surface area contributed by atoms with Gasteiger partial charge in [-0.3, -0.25) is 0 Å². The number of aryl methyl sites for hydroxylation is 1. The molecule has 0 bridgehead atoms. The summed E-state index contributed by atoms with van der Waals surface area (Å²) in [5, 5.41) is 3.47. The number of rotatable bonds is 5. The van der Waals surface area contributed by atoms with Crippen LogP contribution in [0.4, 0.5) is 5.69 Å². The van der Waals surface area contributed by atoms with Crippen molar-refractivity contribution in [2.24, 2.45) is 0 Å². The standard InChI is InChI=1S/C14H16Br2N2/c1-2-8-18-9-4-5-11(18)10-17-14-12(15)6-3-7-13(14)16/h3-7,9,17H,2,8,10H2,1H3. The molecule has 1 N–H and O–H groups in total. The average Bonchev–Trinajstić information content (AvgIpc) is 2.77. The summed E-state index contributed by atoms with van der Waals surface area (Å²) in [6, 6.07) is 10.4. The van der Waals surface area contributed by atoms with Crippen LogP contribution in [-0.2, 0) is 13.1 Å². The number of halogens is 2. The van der Waals surface area contributed by atoms with Crippen molar-refractivity contribution < 1.29 is 0 Å². The van der Waals surface area contributed by atoms with Crippen LogP contribution in [0.2, 0.25) is 0 Å². The average molecular weight is 372 g/mol. The summed E-state index contributed by atoms with van der Waals surface area (Å²) in [5.41, 5.74) is 2.40. The molecule has 96 valence electrons. The van der Waals surface area contributed by atoms with E-state index in [1.54, 1.807) is 0 Å². The van der Waals surface area contributed by atoms with Gasteiger partial charge in [0.15, 0.2) is 0 Å². The van der Waals surface area contributed by atoms with Gasteiger partial charge in [0.2, 0.25) is 0 Å². The molecule has 1 heterocycles. The normalized spacial score (nSPS) is 10.6. The highest BCUT2D eigenvalue weighted by Gasteiger charge is 2.05. The molecular formula is C14H16Br2N2. The molecule has 0 spiro atoms. The quantitative estimate of drug-likeness (QED) is 0.779. The molecule has 1 aromatic heterocycles. The van der Waals surface area contributed by atoms with Crippen molar-refractivity contribution in [3.8, 4) is 0 Å². The van der Waals surface area contributed by atoms with Gasteiger partial charge in [0.1, 0.15) is 0 Å². The SMILES string of the molecule is CCCn1cccc1CNc1c(Br)cccc1Br. The molecule has 0 saturated heterocycles. The predicted octanol–water partition coefficient (Wildman–Crippen LogP) is 5.04. The lowest BCUT2D eigenvalue weighted by atomic mass is 10.3. The van der Waals surface area contributed by atoms with Crippen LogP contribution >= 0.6 is 31.9 Å². The second-order valence-electron chi connectivity index (χ2n) is 4.14. The lowest BCUT2D eigenvalue weighted by Gasteiger charge is -2.12. The molecule has 0 aliphatic carbocycles. The van der Waals surface area contributed by atoms with Gasteiger partial charge >= 0.3 is 0 Å². The van der Waals surface area contributed by atoms with Gasteiger partial charge in [-0.15, -0.1) is 0 Å². The van der Waals surface area contributed by atoms with E-state index in [0.717, 1.165) is 34.1 Å². The summed E-state index contributed by atoms with van der Waals surface area (Å²) in [5.74, 6) is 0. The third kappa shape index (κ3) is 3.18. The molecule has 0 aliphatic rings. The van der Waals surface area contributed by atoms with Crippen molar-refractivity contribution in [3.05, 3.63) is 51.2 Å². The van der Waals surface area contributed by atoms with Crippen molar-refractivity contribution in [2.45, 2.75) is 26.4 Å². The third-order valence-corrected chi connectivity index (χ3v) is 4.12. The minimum atomic E-state index is 0.828. The van der Waals surface area contributed by atoms with Gasteiger partial charge < -0.3 is 9.88 Å². The Morgan fingerprint density at radius 1 is 1.11 bits per heavy atom. The molecular weight excluding hydrogens is 356 g/mol. The number of hydrogen-bond acceptors (Lipinski definition) is 1. The topological polar surface area (TPSA) is 17.0 Å². The van der Waals surface area contributed by atoms with Crippen LogP contribution in [-0.4, -0.2) is 4.57 Å². The molecule has 2 rings (SSSR count). The second kappa shape index (κ2) is 6.43. The fourth-order valence-electron chi connectivity index (χ4n) is 1.91. The van der Waals surface area contributed by atoms with Crippen LogP contribution in [0.1, 0.15) is 19.0 Å². The van der Waals surface area contributed by atoms with Gasteiger partial charge in [-0.05, 0) is 62.5 Å². The first kappa shape index (κ1) is 13.7. The van der Waals surface area contributed by atoms with E-state index in [9.17, 15) is 0 Å². The van der Waals surface area contributed by atoms with Crippen LogP contribution in [0.3, 0.4) is 0 Å². The Kier molecular flexibility index (Phi) is 4.89. The summed E-state index contributed by atoms with van der Waals surface area (Å²) in [7, 11) is 0. The molecule has 0 saturated carbocycles. The lowest BCUT2D eigenvalue weighted by Crippen LogP contribution is -2.07. The Labute approximate surface area is 125 Å². The summed E-state index contributed by atoms with van der Waals surface area (Å²) >= 11 is 7.12. The van der Waals surface area contributed by atoms with E-state index in [0.29, 0.717) is 0 Å². The van der Waals surface area contributed by atoms with Crippen LogP contribution < -0.4 is 5.32 Å². The predicted molar refractivity (Wildman–Crippen MR) is 83.9 cm³/mol. The fourth-order valence-corrected chi connectivity index (χ4v) is 3.19. The second-order valence-corrected chi connectivity index (χ2v) is 5.85. The summed E-state index contributed by atoms with van der Waals surface area (Å²) in [4.78, 5) is 0.